The molecule has 1 amide bonds. The Morgan fingerprint density at radius 3 is 2.42 bits per heavy atom. The molecule has 36 heavy (non-hydrogen) atoms. The van der Waals surface area contributed by atoms with Crippen LogP contribution in [-0.4, -0.2) is 44.4 Å². The van der Waals surface area contributed by atoms with E-state index in [1.54, 1.807) is 13.1 Å². The van der Waals surface area contributed by atoms with Gasteiger partial charge in [0.15, 0.2) is 0 Å². The molecule has 0 bridgehead atoms. The first kappa shape index (κ1) is 29.3. The summed E-state index contributed by atoms with van der Waals surface area (Å²) in [5.74, 6) is 0.727. The van der Waals surface area contributed by atoms with Crippen LogP contribution in [0.15, 0.2) is 76.2 Å². The van der Waals surface area contributed by atoms with Crippen LogP contribution in [0.4, 0.5) is 0 Å². The Balaban J connectivity index is 0.00000222. The molecule has 0 aromatic carbocycles. The van der Waals surface area contributed by atoms with Gasteiger partial charge in [-0.25, -0.2) is 0 Å². The first-order valence-electron chi connectivity index (χ1n) is 13.3. The Morgan fingerprint density at radius 1 is 1.03 bits per heavy atom. The van der Waals surface area contributed by atoms with E-state index in [0.29, 0.717) is 31.2 Å². The van der Waals surface area contributed by atoms with Crippen molar-refractivity contribution in [1.29, 1.82) is 0 Å². The second kappa shape index (κ2) is 17.5. The molecule has 0 fully saturated rings. The van der Waals surface area contributed by atoms with Crippen LogP contribution in [0, 0.1) is 0 Å². The minimum Gasteiger partial charge on any atom is -0.492 e. The number of nitrogens with one attached hydrogen (secondary N) is 3. The first-order valence-corrected chi connectivity index (χ1v) is 13.3. The van der Waals surface area contributed by atoms with E-state index < -0.39 is 0 Å². The highest BCUT2D eigenvalue weighted by Crippen LogP contribution is 2.29. The van der Waals surface area contributed by atoms with Gasteiger partial charge in [-0.05, 0) is 68.4 Å². The zero-order valence-corrected chi connectivity index (χ0v) is 22.4. The maximum Gasteiger partial charge on any atom is 0.251 e. The average Bonchev–Trinajstić information content (AvgIpc) is 3.10. The maximum absolute atomic E-state index is 12.6. The zero-order valence-electron chi connectivity index (χ0n) is 22.4. The van der Waals surface area contributed by atoms with Crippen molar-refractivity contribution in [2.75, 3.05) is 26.7 Å². The molecular weight excluding hydrogens is 452 g/mol. The standard InChI is InChI=1S/C27H38N4O3.C2H6/c1-3-24(31-34-28-2)20-33-26-13-8-12-21(14-15-26)27(32)30-17-9-16-29-25-18-22-10-6-4-5-7-11-23(22)19-25;1-2/h6-8,10-12,14-15,25,28-29H,3-5,9,13,16-20H2,1-2H3,(H,30,32);1-2H3/b10-6-,11-7-,31-24+;. The number of nitrogens with zero attached hydrogens (tertiary/aromatic N) is 1. The van der Waals surface area contributed by atoms with Crippen molar-refractivity contribution < 1.29 is 14.5 Å². The van der Waals surface area contributed by atoms with Crippen LogP contribution in [0.2, 0.25) is 0 Å². The topological polar surface area (TPSA) is 84.0 Å². The summed E-state index contributed by atoms with van der Waals surface area (Å²) in [5.41, 5.74) is 6.88. The van der Waals surface area contributed by atoms with Gasteiger partial charge < -0.3 is 20.3 Å². The van der Waals surface area contributed by atoms with E-state index >= 15 is 0 Å². The van der Waals surface area contributed by atoms with Crippen LogP contribution in [0.3, 0.4) is 0 Å². The van der Waals surface area contributed by atoms with Crippen LogP contribution in [-0.2, 0) is 14.5 Å². The molecular formula is C29H44N4O3. The molecule has 0 saturated heterocycles. The summed E-state index contributed by atoms with van der Waals surface area (Å²) in [6, 6.07) is 0.493. The molecule has 0 aromatic heterocycles. The lowest BCUT2D eigenvalue weighted by molar-refractivity contribution is -0.117. The van der Waals surface area contributed by atoms with Gasteiger partial charge in [0.1, 0.15) is 12.4 Å². The van der Waals surface area contributed by atoms with Crippen LogP contribution in [0.1, 0.15) is 65.7 Å². The smallest absolute Gasteiger partial charge is 0.251 e. The van der Waals surface area contributed by atoms with E-state index in [2.05, 4.69) is 45.6 Å². The molecule has 0 radical (unpaired) electrons. The van der Waals surface area contributed by atoms with Gasteiger partial charge in [-0.3, -0.25) is 4.79 Å². The molecule has 7 heteroatoms. The highest BCUT2D eigenvalue weighted by molar-refractivity contribution is 5.96. The molecule has 0 aromatic rings. The van der Waals surface area contributed by atoms with E-state index in [9.17, 15) is 4.79 Å². The Kier molecular flexibility index (Phi) is 14.3. The fourth-order valence-electron chi connectivity index (χ4n) is 4.05. The average molecular weight is 497 g/mol. The molecule has 0 saturated carbocycles. The molecule has 3 N–H and O–H groups in total. The molecule has 3 aliphatic carbocycles. The summed E-state index contributed by atoms with van der Waals surface area (Å²) >= 11 is 0. The molecule has 0 aliphatic heterocycles. The van der Waals surface area contributed by atoms with Crippen LogP contribution >= 0.6 is 0 Å². The van der Waals surface area contributed by atoms with Crippen LogP contribution < -0.4 is 16.1 Å². The number of hydrogen-bond donors (Lipinski definition) is 3. The predicted octanol–water partition coefficient (Wildman–Crippen LogP) is 5.18. The van der Waals surface area contributed by atoms with Crippen molar-refractivity contribution in [3.8, 4) is 0 Å². The van der Waals surface area contributed by atoms with E-state index in [0.717, 1.165) is 56.5 Å². The molecule has 3 aliphatic rings. The van der Waals surface area contributed by atoms with Crippen molar-refractivity contribution in [3.05, 3.63) is 71.1 Å². The summed E-state index contributed by atoms with van der Waals surface area (Å²) < 4.78 is 5.83. The second-order valence-electron chi connectivity index (χ2n) is 8.56. The third-order valence-corrected chi connectivity index (χ3v) is 5.98. The number of carbonyl (C=O) groups excluding carboxylic acids is 1. The number of rotatable bonds is 12. The van der Waals surface area contributed by atoms with E-state index in [1.807, 2.05) is 39.0 Å². The van der Waals surface area contributed by atoms with E-state index in [1.165, 1.54) is 11.1 Å². The Hall–Kier alpha value is -2.90. The van der Waals surface area contributed by atoms with Crippen LogP contribution in [0.25, 0.3) is 0 Å². The molecule has 0 atom stereocenters. The first-order chi connectivity index (χ1) is 17.7. The highest BCUT2D eigenvalue weighted by Gasteiger charge is 2.21. The lowest BCUT2D eigenvalue weighted by atomic mass is 10.1. The molecule has 0 heterocycles. The largest absolute Gasteiger partial charge is 0.492 e. The Labute approximate surface area is 217 Å². The normalized spacial score (nSPS) is 19.5. The van der Waals surface area contributed by atoms with Crippen molar-refractivity contribution in [3.63, 3.8) is 0 Å². The van der Waals surface area contributed by atoms with Gasteiger partial charge in [0.2, 0.25) is 0 Å². The number of hydroxylamine groups is 1. The number of allylic oxidation sites excluding steroid dienone is 7. The van der Waals surface area contributed by atoms with Gasteiger partial charge in [0.05, 0.1) is 5.71 Å². The number of amides is 1. The van der Waals surface area contributed by atoms with Crippen LogP contribution in [0.5, 0.6) is 0 Å². The van der Waals surface area contributed by atoms with Crippen molar-refractivity contribution in [2.45, 2.75) is 71.8 Å². The van der Waals surface area contributed by atoms with Gasteiger partial charge in [-0.2, -0.15) is 0 Å². The van der Waals surface area contributed by atoms with Gasteiger partial charge in [-0.15, -0.1) is 5.48 Å². The number of ether oxygens (including phenoxy) is 1. The Morgan fingerprint density at radius 2 is 1.75 bits per heavy atom. The quantitative estimate of drug-likeness (QED) is 0.197. The number of carbonyl (C=O) groups is 1. The lowest BCUT2D eigenvalue weighted by Crippen LogP contribution is -2.32. The fourth-order valence-corrected chi connectivity index (χ4v) is 4.05. The molecule has 3 rings (SSSR count). The summed E-state index contributed by atoms with van der Waals surface area (Å²) in [6.45, 7) is 7.89. The molecule has 0 spiro atoms. The lowest BCUT2D eigenvalue weighted by Gasteiger charge is -2.13. The molecule has 0 unspecified atom stereocenters. The van der Waals surface area contributed by atoms with Crippen molar-refractivity contribution in [1.82, 2.24) is 16.1 Å². The van der Waals surface area contributed by atoms with Crippen molar-refractivity contribution in [2.24, 2.45) is 5.16 Å². The third-order valence-electron chi connectivity index (χ3n) is 5.98. The van der Waals surface area contributed by atoms with Gasteiger partial charge in [0.25, 0.3) is 5.91 Å². The minimum absolute atomic E-state index is 0.0623. The maximum atomic E-state index is 12.6. The number of oxime groups is 1. The van der Waals surface area contributed by atoms with Gasteiger partial charge >= 0.3 is 0 Å². The highest BCUT2D eigenvalue weighted by atomic mass is 16.8. The number of hydrogen-bond acceptors (Lipinski definition) is 6. The van der Waals surface area contributed by atoms with Gasteiger partial charge in [-0.1, -0.05) is 62.4 Å². The molecule has 7 nitrogen and oxygen atoms in total. The fraction of sp³-hybridized carbons (Fsp3) is 0.517. The monoisotopic (exact) mass is 496 g/mol. The zero-order chi connectivity index (χ0) is 26.0. The van der Waals surface area contributed by atoms with Gasteiger partial charge in [0, 0.05) is 31.6 Å². The SMILES string of the molecule is CC.CC/C(COC1=CC=C(C(=O)NCCCNC2CC3=C(/C=C\CC/C=C\3)C2)C=CC1)=N\ONC. The minimum atomic E-state index is -0.0623. The van der Waals surface area contributed by atoms with E-state index in [-0.39, 0.29) is 5.91 Å². The Bertz CT molecular complexity index is 883. The molecule has 198 valence electrons. The summed E-state index contributed by atoms with van der Waals surface area (Å²) in [4.78, 5) is 17.4. The summed E-state index contributed by atoms with van der Waals surface area (Å²) in [7, 11) is 1.65. The summed E-state index contributed by atoms with van der Waals surface area (Å²) in [5, 5.41) is 10.6. The second-order valence-corrected chi connectivity index (χ2v) is 8.56. The van der Waals surface area contributed by atoms with E-state index in [4.69, 9.17) is 9.68 Å². The van der Waals surface area contributed by atoms with Crippen molar-refractivity contribution >= 4 is 11.6 Å². The summed E-state index contributed by atoms with van der Waals surface area (Å²) in [6.07, 6.45) is 23.3. The third kappa shape index (κ3) is 10.4. The predicted molar refractivity (Wildman–Crippen MR) is 148 cm³/mol.